The third kappa shape index (κ3) is 4.20. The average molecular weight is 382 g/mol. The average Bonchev–Trinajstić information content (AvgIpc) is 3.08. The molecule has 1 saturated heterocycles. The predicted molar refractivity (Wildman–Crippen MR) is 93.4 cm³/mol. The Kier molecular flexibility index (Phi) is 5.48. The normalized spacial score (nSPS) is 21.4. The number of carbonyl (C=O) groups is 1. The van der Waals surface area contributed by atoms with Crippen LogP contribution in [0.2, 0.25) is 0 Å². The van der Waals surface area contributed by atoms with Crippen LogP contribution in [0.4, 0.5) is 5.95 Å². The number of halogens is 1. The van der Waals surface area contributed by atoms with E-state index in [9.17, 15) is 4.79 Å². The molecule has 0 spiro atoms. The van der Waals surface area contributed by atoms with Gasteiger partial charge in [-0.1, -0.05) is 12.8 Å². The van der Waals surface area contributed by atoms with Crippen LogP contribution in [0.5, 0.6) is 0 Å². The quantitative estimate of drug-likeness (QED) is 0.861. The molecule has 1 aliphatic heterocycles. The smallest absolute Gasteiger partial charge is 0.237 e. The Balaban J connectivity index is 1.49. The second-order valence-electron chi connectivity index (χ2n) is 6.39. The fourth-order valence-electron chi connectivity index (χ4n) is 3.34. The standard InChI is InChI=1S/C16H24BrN5O/c1-12(15(23)20-14-4-2-3-5-14)21-6-8-22(9-7-21)16-18-10-13(17)11-19-16/h10-12,14H,2-9H2,1H3,(H,20,23). The largest absolute Gasteiger partial charge is 0.352 e. The van der Waals surface area contributed by atoms with Gasteiger partial charge in [-0.3, -0.25) is 9.69 Å². The minimum absolute atomic E-state index is 0.0661. The Hall–Kier alpha value is -1.21. The minimum atomic E-state index is -0.0661. The topological polar surface area (TPSA) is 61.4 Å². The van der Waals surface area contributed by atoms with E-state index in [4.69, 9.17) is 0 Å². The molecule has 1 amide bonds. The first-order valence-electron chi connectivity index (χ1n) is 8.40. The summed E-state index contributed by atoms with van der Waals surface area (Å²) in [4.78, 5) is 25.5. The van der Waals surface area contributed by atoms with Crippen molar-refractivity contribution in [1.82, 2.24) is 20.2 Å². The molecule has 1 aliphatic carbocycles. The van der Waals surface area contributed by atoms with Gasteiger partial charge in [0.1, 0.15) is 0 Å². The molecule has 6 nitrogen and oxygen atoms in total. The molecule has 23 heavy (non-hydrogen) atoms. The third-order valence-corrected chi connectivity index (χ3v) is 5.24. The number of hydrogen-bond donors (Lipinski definition) is 1. The van der Waals surface area contributed by atoms with Crippen LogP contribution in [0.15, 0.2) is 16.9 Å². The van der Waals surface area contributed by atoms with E-state index in [1.54, 1.807) is 12.4 Å². The molecule has 0 bridgehead atoms. The van der Waals surface area contributed by atoms with Gasteiger partial charge in [0.05, 0.1) is 10.5 Å². The van der Waals surface area contributed by atoms with Crippen molar-refractivity contribution in [3.63, 3.8) is 0 Å². The molecular formula is C16H24BrN5O. The maximum absolute atomic E-state index is 12.4. The summed E-state index contributed by atoms with van der Waals surface area (Å²) in [7, 11) is 0. The summed E-state index contributed by atoms with van der Waals surface area (Å²) < 4.78 is 0.886. The van der Waals surface area contributed by atoms with Crippen LogP contribution in [-0.2, 0) is 4.79 Å². The zero-order valence-corrected chi connectivity index (χ0v) is 15.1. The zero-order chi connectivity index (χ0) is 16.2. The molecule has 1 atom stereocenters. The lowest BCUT2D eigenvalue weighted by molar-refractivity contribution is -0.126. The van der Waals surface area contributed by atoms with Crippen LogP contribution in [0.1, 0.15) is 32.6 Å². The van der Waals surface area contributed by atoms with Gasteiger partial charge in [0.15, 0.2) is 0 Å². The summed E-state index contributed by atoms with van der Waals surface area (Å²) in [6.07, 6.45) is 8.29. The number of amides is 1. The van der Waals surface area contributed by atoms with E-state index in [1.165, 1.54) is 12.8 Å². The molecule has 0 aromatic carbocycles. The lowest BCUT2D eigenvalue weighted by Gasteiger charge is -2.37. The fourth-order valence-corrected chi connectivity index (χ4v) is 3.54. The van der Waals surface area contributed by atoms with Crippen LogP contribution in [0, 0.1) is 0 Å². The first kappa shape index (κ1) is 16.6. The summed E-state index contributed by atoms with van der Waals surface area (Å²) in [6.45, 7) is 5.43. The van der Waals surface area contributed by atoms with Gasteiger partial charge in [0.25, 0.3) is 0 Å². The van der Waals surface area contributed by atoms with E-state index in [-0.39, 0.29) is 11.9 Å². The lowest BCUT2D eigenvalue weighted by Crippen LogP contribution is -2.55. The van der Waals surface area contributed by atoms with Gasteiger partial charge in [-0.25, -0.2) is 9.97 Å². The summed E-state index contributed by atoms with van der Waals surface area (Å²) in [5.41, 5.74) is 0. The highest BCUT2D eigenvalue weighted by molar-refractivity contribution is 9.10. The number of anilines is 1. The maximum atomic E-state index is 12.4. The van der Waals surface area contributed by atoms with Crippen molar-refractivity contribution < 1.29 is 4.79 Å². The Morgan fingerprint density at radius 2 is 1.83 bits per heavy atom. The molecule has 126 valence electrons. The van der Waals surface area contributed by atoms with Gasteiger partial charge in [-0.05, 0) is 35.7 Å². The highest BCUT2D eigenvalue weighted by atomic mass is 79.9. The number of aromatic nitrogens is 2. The number of piperazine rings is 1. The van der Waals surface area contributed by atoms with E-state index in [0.717, 1.165) is 49.4 Å². The van der Waals surface area contributed by atoms with Crippen molar-refractivity contribution in [2.75, 3.05) is 31.1 Å². The van der Waals surface area contributed by atoms with Gasteiger partial charge < -0.3 is 10.2 Å². The van der Waals surface area contributed by atoms with Gasteiger partial charge in [-0.2, -0.15) is 0 Å². The van der Waals surface area contributed by atoms with Crippen LogP contribution in [-0.4, -0.2) is 59.0 Å². The van der Waals surface area contributed by atoms with Crippen LogP contribution in [0.25, 0.3) is 0 Å². The zero-order valence-electron chi connectivity index (χ0n) is 13.5. The maximum Gasteiger partial charge on any atom is 0.237 e. The molecular weight excluding hydrogens is 358 g/mol. The molecule has 2 fully saturated rings. The SMILES string of the molecule is CC(C(=O)NC1CCCC1)N1CCN(c2ncc(Br)cn2)CC1. The van der Waals surface area contributed by atoms with Gasteiger partial charge >= 0.3 is 0 Å². The number of rotatable bonds is 4. The highest BCUT2D eigenvalue weighted by Gasteiger charge is 2.28. The molecule has 3 rings (SSSR count). The van der Waals surface area contributed by atoms with Gasteiger partial charge in [-0.15, -0.1) is 0 Å². The first-order chi connectivity index (χ1) is 11.1. The number of nitrogens with zero attached hydrogens (tertiary/aromatic N) is 4. The van der Waals surface area contributed by atoms with Crippen molar-refractivity contribution in [3.05, 3.63) is 16.9 Å². The van der Waals surface area contributed by atoms with E-state index in [0.29, 0.717) is 6.04 Å². The molecule has 1 aromatic heterocycles. The van der Waals surface area contributed by atoms with E-state index in [1.807, 2.05) is 6.92 Å². The summed E-state index contributed by atoms with van der Waals surface area (Å²) in [6, 6.07) is 0.325. The third-order valence-electron chi connectivity index (χ3n) is 4.83. The van der Waals surface area contributed by atoms with Crippen molar-refractivity contribution in [2.24, 2.45) is 0 Å². The van der Waals surface area contributed by atoms with Gasteiger partial charge in [0.2, 0.25) is 11.9 Å². The Morgan fingerprint density at radius 3 is 2.43 bits per heavy atom. The minimum Gasteiger partial charge on any atom is -0.352 e. The molecule has 1 saturated carbocycles. The van der Waals surface area contributed by atoms with Crippen molar-refractivity contribution in [2.45, 2.75) is 44.7 Å². The summed E-state index contributed by atoms with van der Waals surface area (Å²) in [5.74, 6) is 0.932. The van der Waals surface area contributed by atoms with E-state index in [2.05, 4.69) is 41.0 Å². The Bertz CT molecular complexity index is 524. The lowest BCUT2D eigenvalue weighted by atomic mass is 10.2. The first-order valence-corrected chi connectivity index (χ1v) is 9.19. The van der Waals surface area contributed by atoms with Gasteiger partial charge in [0, 0.05) is 44.6 Å². The highest BCUT2D eigenvalue weighted by Crippen LogP contribution is 2.18. The van der Waals surface area contributed by atoms with Crippen molar-refractivity contribution in [1.29, 1.82) is 0 Å². The fraction of sp³-hybridized carbons (Fsp3) is 0.688. The summed E-state index contributed by atoms with van der Waals surface area (Å²) in [5, 5.41) is 3.20. The molecule has 2 aliphatic rings. The molecule has 7 heteroatoms. The van der Waals surface area contributed by atoms with Crippen LogP contribution >= 0.6 is 15.9 Å². The molecule has 2 heterocycles. The molecule has 1 N–H and O–H groups in total. The summed E-state index contributed by atoms with van der Waals surface area (Å²) >= 11 is 3.35. The number of carbonyl (C=O) groups excluding carboxylic acids is 1. The Morgan fingerprint density at radius 1 is 1.22 bits per heavy atom. The number of nitrogens with one attached hydrogen (secondary N) is 1. The number of hydrogen-bond acceptors (Lipinski definition) is 5. The molecule has 1 unspecified atom stereocenters. The second-order valence-corrected chi connectivity index (χ2v) is 7.31. The Labute approximate surface area is 145 Å². The van der Waals surface area contributed by atoms with E-state index >= 15 is 0 Å². The van der Waals surface area contributed by atoms with Crippen LogP contribution < -0.4 is 10.2 Å². The van der Waals surface area contributed by atoms with E-state index < -0.39 is 0 Å². The van der Waals surface area contributed by atoms with Crippen molar-refractivity contribution >= 4 is 27.8 Å². The monoisotopic (exact) mass is 381 g/mol. The molecule has 0 radical (unpaired) electrons. The predicted octanol–water partition coefficient (Wildman–Crippen LogP) is 1.81. The van der Waals surface area contributed by atoms with Crippen LogP contribution in [0.3, 0.4) is 0 Å². The molecule has 1 aromatic rings. The van der Waals surface area contributed by atoms with Crippen molar-refractivity contribution in [3.8, 4) is 0 Å². The second kappa shape index (κ2) is 7.57.